The molecule has 4 nitrogen and oxygen atoms in total. The van der Waals surface area contributed by atoms with Crippen LogP contribution in [0.1, 0.15) is 27.7 Å². The Bertz CT molecular complexity index is 474. The SMILES string of the molecule is CC=CC(=O)Nc1sc(C)c(C)c1C(=O)OC. The Morgan fingerprint density at radius 3 is 2.53 bits per heavy atom. The maximum Gasteiger partial charge on any atom is 0.341 e. The van der Waals surface area contributed by atoms with Crippen molar-refractivity contribution in [1.82, 2.24) is 0 Å². The van der Waals surface area contributed by atoms with E-state index in [1.54, 1.807) is 13.0 Å². The van der Waals surface area contributed by atoms with Crippen molar-refractivity contribution in [2.45, 2.75) is 20.8 Å². The number of esters is 1. The lowest BCUT2D eigenvalue weighted by molar-refractivity contribution is -0.111. The molecule has 1 rings (SSSR count). The number of ether oxygens (including phenoxy) is 1. The lowest BCUT2D eigenvalue weighted by Gasteiger charge is -2.03. The number of carbonyl (C=O) groups is 2. The van der Waals surface area contributed by atoms with Gasteiger partial charge in [0.05, 0.1) is 12.7 Å². The Morgan fingerprint density at radius 1 is 1.35 bits per heavy atom. The Kier molecular flexibility index (Phi) is 4.45. The molecule has 1 N–H and O–H groups in total. The molecule has 92 valence electrons. The zero-order valence-corrected chi connectivity index (χ0v) is 11.1. The molecule has 0 radical (unpaired) electrons. The lowest BCUT2D eigenvalue weighted by atomic mass is 10.1. The molecule has 5 heteroatoms. The minimum atomic E-state index is -0.428. The van der Waals surface area contributed by atoms with Crippen LogP contribution in [0.3, 0.4) is 0 Å². The van der Waals surface area contributed by atoms with Crippen molar-refractivity contribution in [3.05, 3.63) is 28.2 Å². The summed E-state index contributed by atoms with van der Waals surface area (Å²) in [6.07, 6.45) is 3.05. The van der Waals surface area contributed by atoms with Crippen molar-refractivity contribution in [3.8, 4) is 0 Å². The molecule has 0 saturated heterocycles. The molecule has 0 spiro atoms. The molecule has 0 fully saturated rings. The fourth-order valence-corrected chi connectivity index (χ4v) is 2.42. The summed E-state index contributed by atoms with van der Waals surface area (Å²) in [5.74, 6) is -0.679. The summed E-state index contributed by atoms with van der Waals surface area (Å²) < 4.78 is 4.71. The number of methoxy groups -OCH3 is 1. The van der Waals surface area contributed by atoms with Crippen molar-refractivity contribution in [3.63, 3.8) is 0 Å². The van der Waals surface area contributed by atoms with Gasteiger partial charge in [-0.15, -0.1) is 11.3 Å². The first kappa shape index (κ1) is 13.4. The van der Waals surface area contributed by atoms with Crippen LogP contribution >= 0.6 is 11.3 Å². The molecule has 0 saturated carbocycles. The Labute approximate surface area is 104 Å². The Hall–Kier alpha value is -1.62. The summed E-state index contributed by atoms with van der Waals surface area (Å²) in [4.78, 5) is 24.1. The molecule has 0 aliphatic rings. The van der Waals surface area contributed by atoms with Crippen molar-refractivity contribution in [1.29, 1.82) is 0 Å². The number of anilines is 1. The standard InChI is InChI=1S/C12H15NO3S/c1-5-6-9(14)13-11-10(12(15)16-4)7(2)8(3)17-11/h5-6H,1-4H3,(H,13,14). The quantitative estimate of drug-likeness (QED) is 0.665. The first-order valence-corrected chi connectivity index (χ1v) is 5.94. The van der Waals surface area contributed by atoms with Gasteiger partial charge in [0, 0.05) is 4.88 Å². The normalized spacial score (nSPS) is 10.6. The average Bonchev–Trinajstić information content (AvgIpc) is 2.54. The van der Waals surface area contributed by atoms with Gasteiger partial charge in [0.1, 0.15) is 5.00 Å². The number of nitrogens with one attached hydrogen (secondary N) is 1. The first-order valence-electron chi connectivity index (χ1n) is 5.13. The zero-order valence-electron chi connectivity index (χ0n) is 10.3. The second-order valence-corrected chi connectivity index (χ2v) is 4.69. The van der Waals surface area contributed by atoms with Crippen LogP contribution in [0.5, 0.6) is 0 Å². The molecule has 1 heterocycles. The molecule has 0 aliphatic carbocycles. The summed E-state index contributed by atoms with van der Waals surface area (Å²) in [6.45, 7) is 5.49. The van der Waals surface area contributed by atoms with E-state index < -0.39 is 5.97 Å². The maximum absolute atomic E-state index is 11.6. The first-order chi connectivity index (χ1) is 8.01. The van der Waals surface area contributed by atoms with Gasteiger partial charge in [0.2, 0.25) is 5.91 Å². The molecule has 0 aliphatic heterocycles. The topological polar surface area (TPSA) is 55.4 Å². The predicted octanol–water partition coefficient (Wildman–Crippen LogP) is 2.67. The minimum absolute atomic E-state index is 0.251. The summed E-state index contributed by atoms with van der Waals surface area (Å²) in [5, 5.41) is 3.22. The van der Waals surface area contributed by atoms with Crippen LogP contribution in [0.25, 0.3) is 0 Å². The Balaban J connectivity index is 3.11. The van der Waals surface area contributed by atoms with Crippen LogP contribution in [0.4, 0.5) is 5.00 Å². The average molecular weight is 253 g/mol. The molecule has 1 aromatic heterocycles. The van der Waals surface area contributed by atoms with Crippen molar-refractivity contribution in [2.24, 2.45) is 0 Å². The minimum Gasteiger partial charge on any atom is -0.465 e. The highest BCUT2D eigenvalue weighted by molar-refractivity contribution is 7.16. The number of amides is 1. The maximum atomic E-state index is 11.6. The van der Waals surface area contributed by atoms with E-state index in [-0.39, 0.29) is 5.91 Å². The van der Waals surface area contributed by atoms with E-state index in [1.165, 1.54) is 24.5 Å². The molecule has 0 aromatic carbocycles. The largest absolute Gasteiger partial charge is 0.465 e. The van der Waals surface area contributed by atoms with Crippen molar-refractivity contribution >= 4 is 28.2 Å². The molecule has 0 unspecified atom stereocenters. The summed E-state index contributed by atoms with van der Waals surface area (Å²) in [6, 6.07) is 0. The van der Waals surface area contributed by atoms with Crippen LogP contribution in [0.2, 0.25) is 0 Å². The molecule has 17 heavy (non-hydrogen) atoms. The van der Waals surface area contributed by atoms with E-state index in [0.29, 0.717) is 10.6 Å². The highest BCUT2D eigenvalue weighted by atomic mass is 32.1. The fraction of sp³-hybridized carbons (Fsp3) is 0.333. The zero-order chi connectivity index (χ0) is 13.0. The molecule has 0 bridgehead atoms. The van der Waals surface area contributed by atoms with Crippen LogP contribution in [-0.2, 0) is 9.53 Å². The summed E-state index contributed by atoms with van der Waals surface area (Å²) >= 11 is 1.37. The summed E-state index contributed by atoms with van der Waals surface area (Å²) in [7, 11) is 1.33. The van der Waals surface area contributed by atoms with Gasteiger partial charge in [-0.3, -0.25) is 4.79 Å². The smallest absolute Gasteiger partial charge is 0.341 e. The lowest BCUT2D eigenvalue weighted by Crippen LogP contribution is -2.11. The van der Waals surface area contributed by atoms with Crippen LogP contribution < -0.4 is 5.32 Å². The van der Waals surface area contributed by atoms with Gasteiger partial charge in [0.25, 0.3) is 0 Å². The molecule has 1 amide bonds. The van der Waals surface area contributed by atoms with Crippen molar-refractivity contribution in [2.75, 3.05) is 12.4 Å². The van der Waals surface area contributed by atoms with E-state index in [0.717, 1.165) is 10.4 Å². The number of carbonyl (C=O) groups excluding carboxylic acids is 2. The molecular weight excluding hydrogens is 238 g/mol. The van der Waals surface area contributed by atoms with E-state index in [2.05, 4.69) is 5.32 Å². The van der Waals surface area contributed by atoms with E-state index >= 15 is 0 Å². The number of hydrogen-bond acceptors (Lipinski definition) is 4. The Morgan fingerprint density at radius 2 is 2.00 bits per heavy atom. The summed E-state index contributed by atoms with van der Waals surface area (Å²) in [5.41, 5.74) is 1.28. The van der Waals surface area contributed by atoms with Gasteiger partial charge in [-0.25, -0.2) is 4.79 Å². The second kappa shape index (κ2) is 5.63. The number of hydrogen-bond donors (Lipinski definition) is 1. The van der Waals surface area contributed by atoms with E-state index in [9.17, 15) is 9.59 Å². The fourth-order valence-electron chi connectivity index (χ4n) is 1.37. The van der Waals surface area contributed by atoms with E-state index in [4.69, 9.17) is 4.74 Å². The van der Waals surface area contributed by atoms with Gasteiger partial charge in [0.15, 0.2) is 0 Å². The van der Waals surface area contributed by atoms with Gasteiger partial charge < -0.3 is 10.1 Å². The van der Waals surface area contributed by atoms with Gasteiger partial charge >= 0.3 is 5.97 Å². The third kappa shape index (κ3) is 2.94. The molecular formula is C12H15NO3S. The van der Waals surface area contributed by atoms with Crippen LogP contribution in [0.15, 0.2) is 12.2 Å². The van der Waals surface area contributed by atoms with Gasteiger partial charge in [-0.05, 0) is 32.4 Å². The third-order valence-corrected chi connectivity index (χ3v) is 3.45. The van der Waals surface area contributed by atoms with Crippen molar-refractivity contribution < 1.29 is 14.3 Å². The molecule has 1 aromatic rings. The number of thiophene rings is 1. The second-order valence-electron chi connectivity index (χ2n) is 3.47. The predicted molar refractivity (Wildman–Crippen MR) is 68.6 cm³/mol. The van der Waals surface area contributed by atoms with E-state index in [1.807, 2.05) is 13.8 Å². The number of allylic oxidation sites excluding steroid dienone is 1. The van der Waals surface area contributed by atoms with Crippen LogP contribution in [-0.4, -0.2) is 19.0 Å². The van der Waals surface area contributed by atoms with Gasteiger partial charge in [-0.2, -0.15) is 0 Å². The number of rotatable bonds is 3. The molecule has 0 atom stereocenters. The third-order valence-electron chi connectivity index (χ3n) is 2.33. The van der Waals surface area contributed by atoms with Crippen LogP contribution in [0, 0.1) is 13.8 Å². The number of aryl methyl sites for hydroxylation is 1. The monoisotopic (exact) mass is 253 g/mol. The van der Waals surface area contributed by atoms with Gasteiger partial charge in [-0.1, -0.05) is 6.08 Å². The highest BCUT2D eigenvalue weighted by Crippen LogP contribution is 2.32. The highest BCUT2D eigenvalue weighted by Gasteiger charge is 2.20.